The van der Waals surface area contributed by atoms with E-state index in [9.17, 15) is 4.79 Å². The molecule has 0 atom stereocenters. The predicted octanol–water partition coefficient (Wildman–Crippen LogP) is 5.06. The van der Waals surface area contributed by atoms with Crippen LogP contribution in [0, 0.1) is 18.8 Å². The number of esters is 1. The van der Waals surface area contributed by atoms with Crippen LogP contribution in [0.15, 0.2) is 84.9 Å². The first-order valence-electron chi connectivity index (χ1n) is 9.91. The molecule has 0 spiro atoms. The van der Waals surface area contributed by atoms with Crippen molar-refractivity contribution in [2.45, 2.75) is 6.92 Å². The molecule has 0 radical (unpaired) electrons. The normalized spacial score (nSPS) is 10.6. The van der Waals surface area contributed by atoms with Gasteiger partial charge in [-0.05, 0) is 54.5 Å². The first-order chi connectivity index (χ1) is 15.2. The highest BCUT2D eigenvalue weighted by Gasteiger charge is 2.06. The van der Waals surface area contributed by atoms with Crippen molar-refractivity contribution in [1.82, 2.24) is 0 Å². The molecule has 0 saturated carbocycles. The van der Waals surface area contributed by atoms with E-state index in [0.29, 0.717) is 18.1 Å². The minimum Gasteiger partial charge on any atom is -0.489 e. The Kier molecular flexibility index (Phi) is 7.90. The monoisotopic (exact) mass is 412 g/mol. The van der Waals surface area contributed by atoms with E-state index in [0.717, 1.165) is 22.3 Å². The van der Waals surface area contributed by atoms with Crippen molar-refractivity contribution >= 4 is 11.5 Å². The molecule has 3 rings (SSSR count). The number of aryl methyl sites for hydroxylation is 1. The molecule has 31 heavy (non-hydrogen) atoms. The molecule has 3 aromatic rings. The molecule has 156 valence electrons. The molecule has 4 heteroatoms. The first-order valence-corrected chi connectivity index (χ1v) is 9.91. The van der Waals surface area contributed by atoms with Gasteiger partial charge in [-0.1, -0.05) is 60.4 Å². The van der Waals surface area contributed by atoms with Crippen LogP contribution >= 0.6 is 0 Å². The lowest BCUT2D eigenvalue weighted by Crippen LogP contribution is -2.13. The molecule has 0 bridgehead atoms. The van der Waals surface area contributed by atoms with Gasteiger partial charge in [0.25, 0.3) is 0 Å². The third-order valence-corrected chi connectivity index (χ3v) is 4.46. The second kappa shape index (κ2) is 11.3. The number of hydrogen-bond acceptors (Lipinski definition) is 4. The lowest BCUT2D eigenvalue weighted by atomic mass is 10.1. The Balaban J connectivity index is 1.70. The zero-order chi connectivity index (χ0) is 21.9. The van der Waals surface area contributed by atoms with Crippen LogP contribution in [0.4, 0.5) is 0 Å². The highest BCUT2D eigenvalue weighted by Crippen LogP contribution is 2.24. The topological polar surface area (TPSA) is 44.8 Å². The fraction of sp³-hybridized carbons (Fsp3) is 0.148. The molecular weight excluding hydrogens is 388 g/mol. The molecule has 0 unspecified atom stereocenters. The van der Waals surface area contributed by atoms with Crippen LogP contribution in [0.5, 0.6) is 11.5 Å². The number of carbonyl (C=O) groups is 1. The smallest absolute Gasteiger partial charge is 0.343 e. The van der Waals surface area contributed by atoms with Gasteiger partial charge in [0.1, 0.15) is 18.1 Å². The Morgan fingerprint density at radius 2 is 1.65 bits per heavy atom. The van der Waals surface area contributed by atoms with Gasteiger partial charge in [-0.25, -0.2) is 4.79 Å². The van der Waals surface area contributed by atoms with E-state index in [1.807, 2.05) is 85.8 Å². The van der Waals surface area contributed by atoms with Crippen LogP contribution in [0.25, 0.3) is 5.57 Å². The fourth-order valence-corrected chi connectivity index (χ4v) is 2.81. The van der Waals surface area contributed by atoms with Crippen molar-refractivity contribution in [1.29, 1.82) is 0 Å². The van der Waals surface area contributed by atoms with E-state index in [2.05, 4.69) is 16.6 Å². The molecule has 0 aliphatic heterocycles. The number of rotatable bonds is 7. The van der Waals surface area contributed by atoms with Gasteiger partial charge in [0.05, 0.1) is 7.11 Å². The predicted molar refractivity (Wildman–Crippen MR) is 122 cm³/mol. The number of ether oxygens (including phenoxy) is 3. The standard InChI is InChI=1S/C27H24O4/c1-21-19-25(15-16-26(21)31-20-27(28)29-2)30-18-17-24(23-11-7-4-8-12-23)14-13-22-9-5-3-6-10-22/h3-12,15-17,19H,18,20H2,1-2H3/b24-17-. The van der Waals surface area contributed by atoms with Gasteiger partial charge >= 0.3 is 5.97 Å². The van der Waals surface area contributed by atoms with Crippen LogP contribution < -0.4 is 9.47 Å². The lowest BCUT2D eigenvalue weighted by molar-refractivity contribution is -0.142. The van der Waals surface area contributed by atoms with Crippen LogP contribution in [-0.4, -0.2) is 26.3 Å². The number of hydrogen-bond donors (Lipinski definition) is 0. The summed E-state index contributed by atoms with van der Waals surface area (Å²) in [5.74, 6) is 7.37. The Hall–Kier alpha value is -3.97. The summed E-state index contributed by atoms with van der Waals surface area (Å²) >= 11 is 0. The van der Waals surface area contributed by atoms with Crippen LogP contribution in [-0.2, 0) is 9.53 Å². The summed E-state index contributed by atoms with van der Waals surface area (Å²) in [4.78, 5) is 11.2. The first kappa shape index (κ1) is 21.7. The number of benzene rings is 3. The quantitative estimate of drug-likeness (QED) is 0.402. The van der Waals surface area contributed by atoms with Crippen molar-refractivity contribution in [2.75, 3.05) is 20.3 Å². The summed E-state index contributed by atoms with van der Waals surface area (Å²) < 4.78 is 15.9. The van der Waals surface area contributed by atoms with Crippen molar-refractivity contribution in [3.05, 3.63) is 102 Å². The molecule has 4 nitrogen and oxygen atoms in total. The van der Waals surface area contributed by atoms with Crippen molar-refractivity contribution in [3.63, 3.8) is 0 Å². The number of allylic oxidation sites excluding steroid dienone is 1. The highest BCUT2D eigenvalue weighted by atomic mass is 16.6. The highest BCUT2D eigenvalue weighted by molar-refractivity contribution is 5.79. The van der Waals surface area contributed by atoms with Gasteiger partial charge in [0.2, 0.25) is 0 Å². The van der Waals surface area contributed by atoms with Gasteiger partial charge in [-0.15, -0.1) is 0 Å². The second-order valence-corrected chi connectivity index (χ2v) is 6.70. The molecule has 3 aromatic carbocycles. The number of carbonyl (C=O) groups excluding carboxylic acids is 1. The zero-order valence-electron chi connectivity index (χ0n) is 17.6. The molecule has 0 amide bonds. The van der Waals surface area contributed by atoms with Crippen molar-refractivity contribution in [3.8, 4) is 23.3 Å². The third-order valence-electron chi connectivity index (χ3n) is 4.46. The minimum atomic E-state index is -0.421. The Bertz CT molecular complexity index is 1090. The fourth-order valence-electron chi connectivity index (χ4n) is 2.81. The van der Waals surface area contributed by atoms with E-state index in [1.54, 1.807) is 6.07 Å². The molecule has 0 aliphatic rings. The molecule has 0 aromatic heterocycles. The summed E-state index contributed by atoms with van der Waals surface area (Å²) in [6.07, 6.45) is 1.97. The van der Waals surface area contributed by atoms with E-state index >= 15 is 0 Å². The van der Waals surface area contributed by atoms with Crippen LogP contribution in [0.2, 0.25) is 0 Å². The van der Waals surface area contributed by atoms with Crippen molar-refractivity contribution in [2.24, 2.45) is 0 Å². The van der Waals surface area contributed by atoms with Gasteiger partial charge in [-0.3, -0.25) is 0 Å². The summed E-state index contributed by atoms with van der Waals surface area (Å²) in [5, 5.41) is 0. The second-order valence-electron chi connectivity index (χ2n) is 6.70. The average molecular weight is 412 g/mol. The Morgan fingerprint density at radius 3 is 2.32 bits per heavy atom. The molecule has 0 N–H and O–H groups in total. The van der Waals surface area contributed by atoms with E-state index in [1.165, 1.54) is 7.11 Å². The minimum absolute atomic E-state index is 0.124. The summed E-state index contributed by atoms with van der Waals surface area (Å²) in [6, 6.07) is 25.4. The zero-order valence-corrected chi connectivity index (χ0v) is 17.6. The SMILES string of the molecule is COC(=O)COc1ccc(OC/C=C(/C#Cc2ccccc2)c2ccccc2)cc1C. The molecule has 0 fully saturated rings. The van der Waals surface area contributed by atoms with E-state index < -0.39 is 5.97 Å². The lowest BCUT2D eigenvalue weighted by Gasteiger charge is -2.10. The summed E-state index contributed by atoms with van der Waals surface area (Å²) in [6.45, 7) is 2.15. The van der Waals surface area contributed by atoms with Gasteiger partial charge in [0, 0.05) is 11.1 Å². The maximum Gasteiger partial charge on any atom is 0.343 e. The van der Waals surface area contributed by atoms with E-state index in [4.69, 9.17) is 9.47 Å². The Morgan fingerprint density at radius 1 is 0.935 bits per heavy atom. The summed E-state index contributed by atoms with van der Waals surface area (Å²) in [5.41, 5.74) is 3.78. The van der Waals surface area contributed by atoms with Crippen LogP contribution in [0.1, 0.15) is 16.7 Å². The van der Waals surface area contributed by atoms with Crippen molar-refractivity contribution < 1.29 is 19.0 Å². The average Bonchev–Trinajstić information content (AvgIpc) is 2.81. The molecular formula is C27H24O4. The largest absolute Gasteiger partial charge is 0.489 e. The summed E-state index contributed by atoms with van der Waals surface area (Å²) in [7, 11) is 1.33. The maximum atomic E-state index is 11.2. The molecule has 0 heterocycles. The third kappa shape index (κ3) is 6.80. The van der Waals surface area contributed by atoms with Gasteiger partial charge in [0.15, 0.2) is 6.61 Å². The molecule has 0 aliphatic carbocycles. The maximum absolute atomic E-state index is 11.2. The van der Waals surface area contributed by atoms with Gasteiger partial charge < -0.3 is 14.2 Å². The molecule has 0 saturated heterocycles. The van der Waals surface area contributed by atoms with Crippen LogP contribution in [0.3, 0.4) is 0 Å². The Labute approximate surface area is 183 Å². The van der Waals surface area contributed by atoms with E-state index in [-0.39, 0.29) is 6.61 Å². The van der Waals surface area contributed by atoms with Gasteiger partial charge in [-0.2, -0.15) is 0 Å². The number of methoxy groups -OCH3 is 1.